The van der Waals surface area contributed by atoms with Crippen LogP contribution in [0.15, 0.2) is 36.4 Å². The summed E-state index contributed by atoms with van der Waals surface area (Å²) >= 11 is 0. The number of benzene rings is 2. The second-order valence-corrected chi connectivity index (χ2v) is 8.73. The number of fused-ring (bicyclic) bond motifs is 1. The first-order chi connectivity index (χ1) is 16.9. The quantitative estimate of drug-likeness (QED) is 0.521. The molecular formula is C27H36FN3O4. The lowest BCUT2D eigenvalue weighted by molar-refractivity contribution is -0.124. The number of methoxy groups -OCH3 is 2. The van der Waals surface area contributed by atoms with Crippen molar-refractivity contribution in [3.05, 3.63) is 58.9 Å². The minimum Gasteiger partial charge on any atom is -0.493 e. The van der Waals surface area contributed by atoms with Crippen molar-refractivity contribution in [1.29, 1.82) is 0 Å². The summed E-state index contributed by atoms with van der Waals surface area (Å²) in [6.45, 7) is 7.29. The van der Waals surface area contributed by atoms with Crippen LogP contribution in [-0.4, -0.2) is 69.1 Å². The molecule has 190 valence electrons. The van der Waals surface area contributed by atoms with Crippen molar-refractivity contribution in [1.82, 2.24) is 15.1 Å². The fraction of sp³-hybridized carbons (Fsp3) is 0.481. The maximum Gasteiger partial charge on any atom is 0.254 e. The molecule has 0 fully saturated rings. The lowest BCUT2D eigenvalue weighted by Gasteiger charge is -2.40. The zero-order chi connectivity index (χ0) is 25.5. The molecule has 0 saturated carbocycles. The van der Waals surface area contributed by atoms with E-state index in [9.17, 15) is 14.0 Å². The number of carbonyl (C=O) groups excluding carboxylic acids is 2. The third-order valence-corrected chi connectivity index (χ3v) is 6.68. The van der Waals surface area contributed by atoms with Crippen molar-refractivity contribution in [3.8, 4) is 11.5 Å². The zero-order valence-electron chi connectivity index (χ0n) is 21.3. The smallest absolute Gasteiger partial charge is 0.254 e. The molecule has 1 aliphatic rings. The van der Waals surface area contributed by atoms with Gasteiger partial charge in [0.25, 0.3) is 5.91 Å². The van der Waals surface area contributed by atoms with Crippen LogP contribution in [0.25, 0.3) is 0 Å². The molecule has 0 aromatic heterocycles. The third-order valence-electron chi connectivity index (χ3n) is 6.68. The zero-order valence-corrected chi connectivity index (χ0v) is 21.3. The molecule has 1 N–H and O–H groups in total. The van der Waals surface area contributed by atoms with Gasteiger partial charge in [0.15, 0.2) is 11.5 Å². The van der Waals surface area contributed by atoms with Gasteiger partial charge < -0.3 is 24.6 Å². The van der Waals surface area contributed by atoms with E-state index in [1.165, 1.54) is 25.2 Å². The highest BCUT2D eigenvalue weighted by Crippen LogP contribution is 2.46. The molecule has 0 unspecified atom stereocenters. The van der Waals surface area contributed by atoms with Crippen LogP contribution in [0.1, 0.15) is 60.1 Å². The Hall–Kier alpha value is -3.13. The number of halogens is 1. The number of amides is 2. The van der Waals surface area contributed by atoms with Crippen molar-refractivity contribution in [3.63, 3.8) is 0 Å². The van der Waals surface area contributed by atoms with Crippen molar-refractivity contribution in [2.75, 3.05) is 47.4 Å². The van der Waals surface area contributed by atoms with Gasteiger partial charge in [0, 0.05) is 31.3 Å². The van der Waals surface area contributed by atoms with E-state index in [2.05, 4.69) is 24.1 Å². The van der Waals surface area contributed by atoms with Gasteiger partial charge in [0.05, 0.1) is 26.2 Å². The summed E-state index contributed by atoms with van der Waals surface area (Å²) in [6.07, 6.45) is 2.21. The third kappa shape index (κ3) is 5.59. The second-order valence-electron chi connectivity index (χ2n) is 8.73. The number of rotatable bonds is 11. The van der Waals surface area contributed by atoms with Gasteiger partial charge in [-0.3, -0.25) is 9.59 Å². The van der Waals surface area contributed by atoms with E-state index >= 15 is 0 Å². The average Bonchev–Trinajstić information content (AvgIpc) is 2.87. The minimum absolute atomic E-state index is 0.266. The van der Waals surface area contributed by atoms with Gasteiger partial charge >= 0.3 is 0 Å². The molecule has 0 spiro atoms. The highest BCUT2D eigenvalue weighted by molar-refractivity contribution is 6.02. The Kier molecular flexibility index (Phi) is 9.09. The molecule has 0 saturated heterocycles. The summed E-state index contributed by atoms with van der Waals surface area (Å²) in [4.78, 5) is 30.8. The second kappa shape index (κ2) is 12.0. The van der Waals surface area contributed by atoms with Crippen molar-refractivity contribution < 1.29 is 23.5 Å². The van der Waals surface area contributed by atoms with E-state index in [0.717, 1.165) is 25.9 Å². The molecular weight excluding hydrogens is 449 g/mol. The first kappa shape index (κ1) is 26.5. The van der Waals surface area contributed by atoms with E-state index in [1.54, 1.807) is 37.4 Å². The van der Waals surface area contributed by atoms with Crippen molar-refractivity contribution in [2.45, 2.75) is 38.6 Å². The summed E-state index contributed by atoms with van der Waals surface area (Å²) in [7, 11) is 4.59. The van der Waals surface area contributed by atoms with Gasteiger partial charge in [0.2, 0.25) is 5.91 Å². The number of likely N-dealkylation sites (N-methyl/N-ethyl adjacent to an activating group) is 2. The monoisotopic (exact) mass is 485 g/mol. The molecule has 0 aliphatic carbocycles. The lowest BCUT2D eigenvalue weighted by Crippen LogP contribution is -2.47. The number of unbranched alkanes of at least 4 members (excludes halogenated alkanes) is 1. The van der Waals surface area contributed by atoms with E-state index < -0.39 is 17.8 Å². The van der Waals surface area contributed by atoms with Gasteiger partial charge in [-0.05, 0) is 43.3 Å². The van der Waals surface area contributed by atoms with Gasteiger partial charge in [-0.2, -0.15) is 0 Å². The Morgan fingerprint density at radius 1 is 1.09 bits per heavy atom. The predicted octanol–water partition coefficient (Wildman–Crippen LogP) is 3.99. The highest BCUT2D eigenvalue weighted by atomic mass is 19.1. The van der Waals surface area contributed by atoms with Gasteiger partial charge in [-0.25, -0.2) is 4.39 Å². The molecule has 8 heteroatoms. The van der Waals surface area contributed by atoms with Crippen LogP contribution in [0.5, 0.6) is 11.5 Å². The van der Waals surface area contributed by atoms with E-state index in [1.807, 2.05) is 0 Å². The fourth-order valence-electron chi connectivity index (χ4n) is 4.69. The number of nitrogens with zero attached hydrogens (tertiary/aromatic N) is 2. The van der Waals surface area contributed by atoms with Crippen LogP contribution < -0.4 is 14.8 Å². The lowest BCUT2D eigenvalue weighted by atomic mass is 9.79. The molecule has 0 radical (unpaired) electrons. The normalized spacial score (nSPS) is 17.3. The first-order valence-corrected chi connectivity index (χ1v) is 12.1. The SMILES string of the molecule is CCCCN(CC)CCNC(=O)[C@H]1c2cc(OC)c(OC)cc2C(=O)N(C)[C@@H]1c1ccccc1F. The Labute approximate surface area is 207 Å². The fourth-order valence-corrected chi connectivity index (χ4v) is 4.69. The molecule has 1 heterocycles. The average molecular weight is 486 g/mol. The summed E-state index contributed by atoms with van der Waals surface area (Å²) in [5, 5.41) is 3.04. The number of hydrogen-bond acceptors (Lipinski definition) is 5. The Morgan fingerprint density at radius 3 is 2.40 bits per heavy atom. The topological polar surface area (TPSA) is 71.1 Å². The number of ether oxygens (including phenoxy) is 2. The van der Waals surface area contributed by atoms with Crippen LogP contribution in [0, 0.1) is 5.82 Å². The van der Waals surface area contributed by atoms with Gasteiger partial charge in [0.1, 0.15) is 5.82 Å². The van der Waals surface area contributed by atoms with E-state index in [-0.39, 0.29) is 11.8 Å². The Balaban J connectivity index is 2.01. The first-order valence-electron chi connectivity index (χ1n) is 12.1. The highest BCUT2D eigenvalue weighted by Gasteiger charge is 2.44. The molecule has 2 aromatic rings. The van der Waals surface area contributed by atoms with Crippen molar-refractivity contribution in [2.24, 2.45) is 0 Å². The summed E-state index contributed by atoms with van der Waals surface area (Å²) < 4.78 is 25.8. The van der Waals surface area contributed by atoms with Crippen LogP contribution in [0.4, 0.5) is 4.39 Å². The van der Waals surface area contributed by atoms with E-state index in [4.69, 9.17) is 9.47 Å². The van der Waals surface area contributed by atoms with Crippen LogP contribution in [0.2, 0.25) is 0 Å². The predicted molar refractivity (Wildman–Crippen MR) is 134 cm³/mol. The molecule has 7 nitrogen and oxygen atoms in total. The molecule has 35 heavy (non-hydrogen) atoms. The minimum atomic E-state index is -0.824. The Bertz CT molecular complexity index is 1050. The molecule has 1 aliphatic heterocycles. The van der Waals surface area contributed by atoms with Crippen LogP contribution in [-0.2, 0) is 4.79 Å². The van der Waals surface area contributed by atoms with Crippen LogP contribution >= 0.6 is 0 Å². The number of carbonyl (C=O) groups is 2. The summed E-state index contributed by atoms with van der Waals surface area (Å²) in [5.41, 5.74) is 1.13. The van der Waals surface area contributed by atoms with Gasteiger partial charge in [-0.15, -0.1) is 0 Å². The Morgan fingerprint density at radius 2 is 1.77 bits per heavy atom. The number of hydrogen-bond donors (Lipinski definition) is 1. The van der Waals surface area contributed by atoms with Crippen molar-refractivity contribution >= 4 is 11.8 Å². The largest absolute Gasteiger partial charge is 0.493 e. The van der Waals surface area contributed by atoms with E-state index in [0.29, 0.717) is 41.3 Å². The molecule has 2 aromatic carbocycles. The summed E-state index contributed by atoms with van der Waals surface area (Å²) in [5.74, 6) is -1.06. The molecule has 2 amide bonds. The summed E-state index contributed by atoms with van der Waals surface area (Å²) in [6, 6.07) is 8.72. The van der Waals surface area contributed by atoms with Crippen LogP contribution in [0.3, 0.4) is 0 Å². The maximum absolute atomic E-state index is 15.0. The molecule has 2 atom stereocenters. The molecule has 0 bridgehead atoms. The number of nitrogens with one attached hydrogen (secondary N) is 1. The maximum atomic E-state index is 15.0. The van der Waals surface area contributed by atoms with Gasteiger partial charge in [-0.1, -0.05) is 38.5 Å². The standard InChI is InChI=1S/C27H36FN3O4/c1-6-8-14-31(7-2)15-13-29-26(32)24-19-16-22(34-4)23(35-5)17-20(19)27(33)30(3)25(24)18-11-9-10-12-21(18)28/h9-12,16-17,24-25H,6-8,13-15H2,1-5H3,(H,29,32)/t24-,25+/m0/s1. The molecule has 3 rings (SSSR count).